The molecular formula is C21H26ClN3O3S2. The highest BCUT2D eigenvalue weighted by Gasteiger charge is 2.24. The summed E-state index contributed by atoms with van der Waals surface area (Å²) < 4.78 is 25.0. The Kier molecular flexibility index (Phi) is 7.63. The molecule has 3 aromatic rings. The number of aromatic nitrogens is 1. The molecule has 0 spiro atoms. The number of nitrogens with zero attached hydrogens (tertiary/aromatic N) is 3. The zero-order chi connectivity index (χ0) is 21.3. The van der Waals surface area contributed by atoms with Gasteiger partial charge >= 0.3 is 0 Å². The third kappa shape index (κ3) is 5.37. The Bertz CT molecular complexity index is 1150. The molecule has 6 nitrogen and oxygen atoms in total. The predicted octanol–water partition coefficient (Wildman–Crippen LogP) is 3.95. The number of fused-ring (bicyclic) bond motifs is 1. The maximum atomic E-state index is 13.4. The number of sulfone groups is 1. The lowest BCUT2D eigenvalue weighted by Crippen LogP contribution is -2.36. The molecule has 0 bridgehead atoms. The van der Waals surface area contributed by atoms with Gasteiger partial charge in [-0.1, -0.05) is 34.6 Å². The third-order valence-electron chi connectivity index (χ3n) is 4.49. The molecule has 0 aliphatic heterocycles. The van der Waals surface area contributed by atoms with Crippen LogP contribution in [0.3, 0.4) is 0 Å². The molecule has 0 aliphatic carbocycles. The second kappa shape index (κ2) is 9.43. The zero-order valence-electron chi connectivity index (χ0n) is 17.7. The fourth-order valence-corrected chi connectivity index (χ4v) is 5.08. The van der Waals surface area contributed by atoms with Gasteiger partial charge in [-0.3, -0.25) is 9.69 Å². The van der Waals surface area contributed by atoms with Crippen LogP contribution < -0.4 is 4.90 Å². The molecule has 0 saturated carbocycles. The van der Waals surface area contributed by atoms with Crippen LogP contribution >= 0.6 is 23.7 Å². The van der Waals surface area contributed by atoms with Gasteiger partial charge < -0.3 is 4.90 Å². The summed E-state index contributed by atoms with van der Waals surface area (Å²) in [6.07, 6.45) is 1.17. The summed E-state index contributed by atoms with van der Waals surface area (Å²) in [5, 5.41) is 0.502. The minimum atomic E-state index is -3.42. The average molecular weight is 468 g/mol. The minimum absolute atomic E-state index is 0. The maximum Gasteiger partial charge on any atom is 0.260 e. The number of halogens is 1. The van der Waals surface area contributed by atoms with E-state index in [0.717, 1.165) is 15.8 Å². The summed E-state index contributed by atoms with van der Waals surface area (Å²) in [5.74, 6) is -0.140. The van der Waals surface area contributed by atoms with Crippen molar-refractivity contribution in [1.29, 1.82) is 0 Å². The summed E-state index contributed by atoms with van der Waals surface area (Å²) in [6.45, 7) is 5.03. The third-order valence-corrected chi connectivity index (χ3v) is 6.66. The van der Waals surface area contributed by atoms with Crippen molar-refractivity contribution in [3.8, 4) is 0 Å². The number of hydrogen-bond donors (Lipinski definition) is 0. The Labute approximate surface area is 187 Å². The monoisotopic (exact) mass is 467 g/mol. The highest BCUT2D eigenvalue weighted by molar-refractivity contribution is 7.91. The Morgan fingerprint density at radius 3 is 2.27 bits per heavy atom. The number of thiazole rings is 1. The molecule has 0 radical (unpaired) electrons. The van der Waals surface area contributed by atoms with Crippen LogP contribution in [0.5, 0.6) is 0 Å². The van der Waals surface area contributed by atoms with Gasteiger partial charge in [0.15, 0.2) is 15.0 Å². The normalized spacial score (nSPS) is 11.5. The van der Waals surface area contributed by atoms with Crippen LogP contribution in [0.1, 0.15) is 21.5 Å². The number of hydrogen-bond acceptors (Lipinski definition) is 6. The van der Waals surface area contributed by atoms with Gasteiger partial charge in [-0.15, -0.1) is 12.4 Å². The number of anilines is 1. The van der Waals surface area contributed by atoms with Gasteiger partial charge in [0, 0.05) is 24.9 Å². The minimum Gasteiger partial charge on any atom is -0.308 e. The largest absolute Gasteiger partial charge is 0.308 e. The van der Waals surface area contributed by atoms with Crippen molar-refractivity contribution in [2.45, 2.75) is 18.7 Å². The molecule has 2 aromatic carbocycles. The molecule has 9 heteroatoms. The highest BCUT2D eigenvalue weighted by Crippen LogP contribution is 2.33. The van der Waals surface area contributed by atoms with Crippen LogP contribution in [0.4, 0.5) is 5.13 Å². The van der Waals surface area contributed by atoms with Crippen molar-refractivity contribution >= 4 is 54.8 Å². The molecule has 0 saturated heterocycles. The van der Waals surface area contributed by atoms with Gasteiger partial charge in [-0.25, -0.2) is 13.4 Å². The molecule has 1 amide bonds. The van der Waals surface area contributed by atoms with Gasteiger partial charge in [-0.2, -0.15) is 0 Å². The second-order valence-corrected chi connectivity index (χ2v) is 10.5. The summed E-state index contributed by atoms with van der Waals surface area (Å²) in [4.78, 5) is 21.8. The first-order valence-electron chi connectivity index (χ1n) is 9.21. The number of carbonyl (C=O) groups is 1. The highest BCUT2D eigenvalue weighted by atomic mass is 35.5. The number of rotatable bonds is 6. The molecular weight excluding hydrogens is 442 g/mol. The van der Waals surface area contributed by atoms with Gasteiger partial charge in [-0.05, 0) is 52.2 Å². The van der Waals surface area contributed by atoms with E-state index in [2.05, 4.69) is 4.98 Å². The molecule has 0 aliphatic rings. The van der Waals surface area contributed by atoms with Crippen LogP contribution in [0.15, 0.2) is 41.3 Å². The number of amides is 1. The molecule has 0 fully saturated rings. The molecule has 0 atom stereocenters. The van der Waals surface area contributed by atoms with E-state index in [0.29, 0.717) is 29.3 Å². The molecule has 30 heavy (non-hydrogen) atoms. The first-order valence-corrected chi connectivity index (χ1v) is 11.9. The predicted molar refractivity (Wildman–Crippen MR) is 126 cm³/mol. The fourth-order valence-electron chi connectivity index (χ4n) is 3.16. The fraction of sp³-hybridized carbons (Fsp3) is 0.333. The Balaban J connectivity index is 0.00000320. The lowest BCUT2D eigenvalue weighted by molar-refractivity contribution is 0.0985. The van der Waals surface area contributed by atoms with Crippen molar-refractivity contribution in [1.82, 2.24) is 9.88 Å². The van der Waals surface area contributed by atoms with E-state index in [1.54, 1.807) is 17.0 Å². The number of likely N-dealkylation sites (N-methyl/N-ethyl adjacent to an activating group) is 1. The van der Waals surface area contributed by atoms with Crippen molar-refractivity contribution in [3.05, 3.63) is 53.1 Å². The Morgan fingerprint density at radius 1 is 1.07 bits per heavy atom. The molecule has 1 heterocycles. The van der Waals surface area contributed by atoms with E-state index >= 15 is 0 Å². The lowest BCUT2D eigenvalue weighted by Gasteiger charge is -2.22. The quantitative estimate of drug-likeness (QED) is 0.549. The molecule has 3 rings (SSSR count). The molecule has 1 aromatic heterocycles. The molecule has 0 N–H and O–H groups in total. The second-order valence-electron chi connectivity index (χ2n) is 7.51. The van der Waals surface area contributed by atoms with Crippen LogP contribution in [-0.2, 0) is 9.84 Å². The Morgan fingerprint density at radius 2 is 1.70 bits per heavy atom. The lowest BCUT2D eigenvalue weighted by atomic mass is 10.1. The standard InChI is InChI=1S/C21H25N3O3S2.ClH/c1-14-11-15(2)13-16(12-14)20(25)24(10-9-23(3)4)21-22-19-17(28-21)7-6-8-18(19)29(5,26)27;/h6-8,11-13H,9-10H2,1-5H3;1H. The Hall–Kier alpha value is -2.00. The van der Waals surface area contributed by atoms with Crippen LogP contribution in [0, 0.1) is 13.8 Å². The number of para-hydroxylation sites is 1. The smallest absolute Gasteiger partial charge is 0.260 e. The summed E-state index contributed by atoms with van der Waals surface area (Å²) in [7, 11) is 0.469. The van der Waals surface area contributed by atoms with Gasteiger partial charge in [0.05, 0.1) is 9.60 Å². The number of benzene rings is 2. The summed E-state index contributed by atoms with van der Waals surface area (Å²) in [6, 6.07) is 10.8. The van der Waals surface area contributed by atoms with Gasteiger partial charge in [0.1, 0.15) is 5.52 Å². The van der Waals surface area contributed by atoms with E-state index in [1.165, 1.54) is 17.6 Å². The van der Waals surface area contributed by atoms with E-state index in [9.17, 15) is 13.2 Å². The number of carbonyl (C=O) groups excluding carboxylic acids is 1. The van der Waals surface area contributed by atoms with Crippen molar-refractivity contribution in [3.63, 3.8) is 0 Å². The van der Waals surface area contributed by atoms with Crippen LogP contribution in [0.2, 0.25) is 0 Å². The average Bonchev–Trinajstić information content (AvgIpc) is 3.03. The molecule has 162 valence electrons. The van der Waals surface area contributed by atoms with E-state index < -0.39 is 9.84 Å². The van der Waals surface area contributed by atoms with Crippen LogP contribution in [-0.4, -0.2) is 57.6 Å². The van der Waals surface area contributed by atoms with Gasteiger partial charge in [0.25, 0.3) is 5.91 Å². The van der Waals surface area contributed by atoms with E-state index in [-0.39, 0.29) is 23.2 Å². The van der Waals surface area contributed by atoms with Crippen molar-refractivity contribution in [2.24, 2.45) is 0 Å². The first-order chi connectivity index (χ1) is 13.6. The van der Waals surface area contributed by atoms with Crippen LogP contribution in [0.25, 0.3) is 10.2 Å². The van der Waals surface area contributed by atoms with E-state index in [4.69, 9.17) is 0 Å². The van der Waals surface area contributed by atoms with Crippen molar-refractivity contribution in [2.75, 3.05) is 38.3 Å². The SMILES string of the molecule is Cc1cc(C)cc(C(=O)N(CCN(C)C)c2nc3c(S(C)(=O)=O)cccc3s2)c1.Cl. The number of aryl methyl sites for hydroxylation is 2. The summed E-state index contributed by atoms with van der Waals surface area (Å²) >= 11 is 1.33. The molecule has 0 unspecified atom stereocenters. The van der Waals surface area contributed by atoms with E-state index in [1.807, 2.05) is 57.1 Å². The van der Waals surface area contributed by atoms with Gasteiger partial charge in [0.2, 0.25) is 0 Å². The first kappa shape index (κ1) is 24.3. The zero-order valence-corrected chi connectivity index (χ0v) is 20.1. The topological polar surface area (TPSA) is 70.6 Å². The summed E-state index contributed by atoms with van der Waals surface area (Å²) in [5.41, 5.74) is 3.05. The van der Waals surface area contributed by atoms with Crippen molar-refractivity contribution < 1.29 is 13.2 Å². The maximum absolute atomic E-state index is 13.4.